The van der Waals surface area contributed by atoms with Crippen LogP contribution in [0.15, 0.2) is 60.7 Å². The standard InChI is InChI=1S/C16H20N2O2/c1-3-9-15(10-4-1)17-19-13-7-8-14-20-18-16-11-5-2-6-12-16/h1-6,9-12,17-18H,7-8,13-14H2. The summed E-state index contributed by atoms with van der Waals surface area (Å²) in [7, 11) is 0. The fraction of sp³-hybridized carbons (Fsp3) is 0.250. The molecule has 2 aromatic rings. The number of rotatable bonds is 9. The normalized spacial score (nSPS) is 10.2. The van der Waals surface area contributed by atoms with E-state index in [1.165, 1.54) is 0 Å². The molecule has 0 saturated carbocycles. The van der Waals surface area contributed by atoms with E-state index in [0.717, 1.165) is 24.2 Å². The van der Waals surface area contributed by atoms with Gasteiger partial charge in [0.25, 0.3) is 0 Å². The van der Waals surface area contributed by atoms with Crippen molar-refractivity contribution in [1.82, 2.24) is 0 Å². The van der Waals surface area contributed by atoms with E-state index in [9.17, 15) is 0 Å². The minimum absolute atomic E-state index is 0.656. The summed E-state index contributed by atoms with van der Waals surface area (Å²) in [5.41, 5.74) is 7.74. The van der Waals surface area contributed by atoms with Crippen LogP contribution in [0.1, 0.15) is 12.8 Å². The Morgan fingerprint density at radius 1 is 0.600 bits per heavy atom. The lowest BCUT2D eigenvalue weighted by Crippen LogP contribution is -2.06. The Morgan fingerprint density at radius 3 is 1.40 bits per heavy atom. The minimum Gasteiger partial charge on any atom is -0.276 e. The van der Waals surface area contributed by atoms with E-state index >= 15 is 0 Å². The van der Waals surface area contributed by atoms with Gasteiger partial charge in [-0.1, -0.05) is 36.4 Å². The molecule has 20 heavy (non-hydrogen) atoms. The third-order valence-corrected chi connectivity index (χ3v) is 2.67. The smallest absolute Gasteiger partial charge is 0.0746 e. The monoisotopic (exact) mass is 272 g/mol. The summed E-state index contributed by atoms with van der Waals surface area (Å²) in [4.78, 5) is 10.7. The number of benzene rings is 2. The maximum Gasteiger partial charge on any atom is 0.0746 e. The molecule has 0 unspecified atom stereocenters. The molecular weight excluding hydrogens is 252 g/mol. The summed E-state index contributed by atoms with van der Waals surface area (Å²) >= 11 is 0. The Morgan fingerprint density at radius 2 is 1.00 bits per heavy atom. The Labute approximate surface area is 119 Å². The number of hydrogen-bond donors (Lipinski definition) is 2. The van der Waals surface area contributed by atoms with E-state index in [1.807, 2.05) is 60.7 Å². The largest absolute Gasteiger partial charge is 0.276 e. The predicted octanol–water partition coefficient (Wildman–Crippen LogP) is 3.85. The molecule has 0 bridgehead atoms. The highest BCUT2D eigenvalue weighted by molar-refractivity contribution is 5.40. The van der Waals surface area contributed by atoms with Gasteiger partial charge in [0, 0.05) is 0 Å². The minimum atomic E-state index is 0.656. The Kier molecular flexibility index (Phi) is 6.44. The fourth-order valence-electron chi connectivity index (χ4n) is 1.63. The molecule has 4 nitrogen and oxygen atoms in total. The third-order valence-electron chi connectivity index (χ3n) is 2.67. The molecule has 106 valence electrons. The van der Waals surface area contributed by atoms with Crippen LogP contribution in [-0.4, -0.2) is 13.2 Å². The zero-order valence-corrected chi connectivity index (χ0v) is 11.4. The second-order valence-corrected chi connectivity index (χ2v) is 4.34. The van der Waals surface area contributed by atoms with Crippen LogP contribution in [0.4, 0.5) is 11.4 Å². The van der Waals surface area contributed by atoms with E-state index in [4.69, 9.17) is 9.68 Å². The molecule has 0 aliphatic heterocycles. The fourth-order valence-corrected chi connectivity index (χ4v) is 1.63. The van der Waals surface area contributed by atoms with Crippen LogP contribution < -0.4 is 11.0 Å². The molecular formula is C16H20N2O2. The highest BCUT2D eigenvalue weighted by atomic mass is 16.6. The lowest BCUT2D eigenvalue weighted by Gasteiger charge is -2.08. The van der Waals surface area contributed by atoms with Crippen molar-refractivity contribution >= 4 is 11.4 Å². The summed E-state index contributed by atoms with van der Waals surface area (Å²) in [6, 6.07) is 19.7. The molecule has 2 N–H and O–H groups in total. The molecule has 0 amide bonds. The molecule has 0 atom stereocenters. The number of unbranched alkanes of at least 4 members (excludes halogenated alkanes) is 1. The molecule has 0 aromatic heterocycles. The molecule has 0 fully saturated rings. The van der Waals surface area contributed by atoms with Crippen LogP contribution in [0, 0.1) is 0 Å². The molecule has 4 heteroatoms. The van der Waals surface area contributed by atoms with Gasteiger partial charge in [-0.3, -0.25) is 20.6 Å². The first-order valence-corrected chi connectivity index (χ1v) is 6.81. The van der Waals surface area contributed by atoms with Crippen LogP contribution in [0.2, 0.25) is 0 Å². The van der Waals surface area contributed by atoms with Crippen LogP contribution in [0.5, 0.6) is 0 Å². The summed E-state index contributed by atoms with van der Waals surface area (Å²) in [6.07, 6.45) is 1.88. The van der Waals surface area contributed by atoms with Gasteiger partial charge in [0.2, 0.25) is 0 Å². The average Bonchev–Trinajstić information content (AvgIpc) is 2.52. The van der Waals surface area contributed by atoms with Gasteiger partial charge in [-0.15, -0.1) is 0 Å². The lowest BCUT2D eigenvalue weighted by molar-refractivity contribution is 0.156. The Balaban J connectivity index is 1.44. The van der Waals surface area contributed by atoms with Crippen LogP contribution in [-0.2, 0) is 9.68 Å². The van der Waals surface area contributed by atoms with Gasteiger partial charge in [0.1, 0.15) is 0 Å². The van der Waals surface area contributed by atoms with Gasteiger partial charge >= 0.3 is 0 Å². The Hall–Kier alpha value is -2.04. The van der Waals surface area contributed by atoms with Crippen molar-refractivity contribution in [3.63, 3.8) is 0 Å². The first-order valence-electron chi connectivity index (χ1n) is 6.81. The van der Waals surface area contributed by atoms with Crippen molar-refractivity contribution in [2.24, 2.45) is 0 Å². The van der Waals surface area contributed by atoms with Crippen molar-refractivity contribution in [3.8, 4) is 0 Å². The molecule has 0 heterocycles. The van der Waals surface area contributed by atoms with E-state index < -0.39 is 0 Å². The van der Waals surface area contributed by atoms with Gasteiger partial charge in [-0.25, -0.2) is 0 Å². The summed E-state index contributed by atoms with van der Waals surface area (Å²) in [5, 5.41) is 0. The van der Waals surface area contributed by atoms with Gasteiger partial charge in [-0.2, -0.15) is 0 Å². The number of hydrogen-bond acceptors (Lipinski definition) is 4. The van der Waals surface area contributed by atoms with Gasteiger partial charge < -0.3 is 0 Å². The number of nitrogens with one attached hydrogen (secondary N) is 2. The molecule has 0 spiro atoms. The van der Waals surface area contributed by atoms with Crippen molar-refractivity contribution in [2.45, 2.75) is 12.8 Å². The first-order chi connectivity index (χ1) is 9.95. The molecule has 2 rings (SSSR count). The average molecular weight is 272 g/mol. The van der Waals surface area contributed by atoms with E-state index in [1.54, 1.807) is 0 Å². The third kappa shape index (κ3) is 5.73. The van der Waals surface area contributed by atoms with E-state index in [-0.39, 0.29) is 0 Å². The Bertz CT molecular complexity index is 417. The van der Waals surface area contributed by atoms with Gasteiger partial charge in [0.05, 0.1) is 24.6 Å². The van der Waals surface area contributed by atoms with Gasteiger partial charge in [0.15, 0.2) is 0 Å². The van der Waals surface area contributed by atoms with Crippen molar-refractivity contribution < 1.29 is 9.68 Å². The first kappa shape index (κ1) is 14.4. The van der Waals surface area contributed by atoms with Crippen LogP contribution in [0.3, 0.4) is 0 Å². The summed E-state index contributed by atoms with van der Waals surface area (Å²) < 4.78 is 0. The summed E-state index contributed by atoms with van der Waals surface area (Å²) in [5.74, 6) is 0. The zero-order chi connectivity index (χ0) is 13.9. The SMILES string of the molecule is c1ccc(NOCCCCONc2ccccc2)cc1. The maximum atomic E-state index is 5.36. The highest BCUT2D eigenvalue weighted by Crippen LogP contribution is 2.06. The second kappa shape index (κ2) is 8.96. The van der Waals surface area contributed by atoms with E-state index in [2.05, 4.69) is 11.0 Å². The van der Waals surface area contributed by atoms with Crippen molar-refractivity contribution in [1.29, 1.82) is 0 Å². The predicted molar refractivity (Wildman–Crippen MR) is 81.3 cm³/mol. The highest BCUT2D eigenvalue weighted by Gasteiger charge is 1.93. The van der Waals surface area contributed by atoms with Crippen molar-refractivity contribution in [2.75, 3.05) is 24.2 Å². The molecule has 0 aliphatic carbocycles. The lowest BCUT2D eigenvalue weighted by atomic mass is 10.3. The van der Waals surface area contributed by atoms with E-state index in [0.29, 0.717) is 13.2 Å². The van der Waals surface area contributed by atoms with Crippen molar-refractivity contribution in [3.05, 3.63) is 60.7 Å². The van der Waals surface area contributed by atoms with Crippen LogP contribution >= 0.6 is 0 Å². The number of anilines is 2. The quantitative estimate of drug-likeness (QED) is 0.537. The zero-order valence-electron chi connectivity index (χ0n) is 11.4. The maximum absolute atomic E-state index is 5.36. The van der Waals surface area contributed by atoms with Gasteiger partial charge in [-0.05, 0) is 37.1 Å². The van der Waals surface area contributed by atoms with Crippen LogP contribution in [0.25, 0.3) is 0 Å². The number of para-hydroxylation sites is 2. The summed E-state index contributed by atoms with van der Waals surface area (Å²) in [6.45, 7) is 1.31. The molecule has 0 aliphatic rings. The molecule has 0 saturated heterocycles. The molecule has 0 radical (unpaired) electrons. The topological polar surface area (TPSA) is 42.5 Å². The molecule has 2 aromatic carbocycles. The second-order valence-electron chi connectivity index (χ2n) is 4.34.